The molecule has 9 heteroatoms. The minimum Gasteiger partial charge on any atom is -0.477 e. The Kier molecular flexibility index (Phi) is 72.6. The first-order chi connectivity index (χ1) is 47.6. The highest BCUT2D eigenvalue weighted by molar-refractivity contribution is 5.71. The molecule has 1 N–H and O–H groups in total. The van der Waals surface area contributed by atoms with Crippen molar-refractivity contribution >= 4 is 17.9 Å². The van der Waals surface area contributed by atoms with Crippen molar-refractivity contribution in [2.75, 3.05) is 47.5 Å². The lowest BCUT2D eigenvalue weighted by molar-refractivity contribution is -0.870. The molecule has 0 aliphatic carbocycles. The van der Waals surface area contributed by atoms with Crippen LogP contribution < -0.4 is 0 Å². The largest absolute Gasteiger partial charge is 0.477 e. The molecule has 97 heavy (non-hydrogen) atoms. The quantitative estimate of drug-likeness (QED) is 0.0211. The summed E-state index contributed by atoms with van der Waals surface area (Å²) >= 11 is 0. The minimum absolute atomic E-state index is 0.172. The minimum atomic E-state index is -1.53. The molecule has 0 fully saturated rings. The second-order valence-electron chi connectivity index (χ2n) is 27.3. The van der Waals surface area contributed by atoms with E-state index in [0.717, 1.165) is 109 Å². The standard InChI is InChI=1S/C88H147NO8/c1-6-8-10-12-14-16-18-20-22-24-26-28-30-32-34-36-38-40-41-42-43-44-45-47-48-50-52-54-56-58-60-62-64-66-68-70-72-74-76-78-85(90)95-82-84(83-96-88(87(92)93)94-81-80-89(3,4)5)97-86(91)79-77-75-73-71-69-67-65-63-61-59-57-55-53-51-49-46-39-37-35-33-31-29-27-25-23-21-19-17-15-13-11-9-7-2/h9,11,15,17-18,20-21,23-24,26-27,29-30,32-33,35,39,46,51,53,57,59,63,65,69,71,84,88H,6-8,10,12-14,16,19,22,25,28,31,34,36-38,40-45,47-50,52,54-56,58,60-62,64,66-68,70,72-83H2,1-5H3/p+1/b11-9-,17-15-,20-18-,23-21-,26-24-,29-27-,32-30-,35-33-,46-39-,53-51-,59-57-,65-63-,71-69-. The molecule has 0 rings (SSSR count). The van der Waals surface area contributed by atoms with E-state index < -0.39 is 24.3 Å². The van der Waals surface area contributed by atoms with Gasteiger partial charge in [-0.2, -0.15) is 0 Å². The van der Waals surface area contributed by atoms with Crippen molar-refractivity contribution in [3.8, 4) is 0 Å². The van der Waals surface area contributed by atoms with Crippen LogP contribution in [-0.2, 0) is 33.3 Å². The lowest BCUT2D eigenvalue weighted by Gasteiger charge is -2.25. The SMILES string of the molecule is CC/C=C\C/C=C\C/C=C\C/C=C\C/C=C\C/C=C\C/C=C\C/C=C\C/C=C\C/C=C\CCCCC(=O)OC(COC(=O)CCCCCCCCCCCCCCCCCCCCCCCCCC/C=C\C/C=C\C/C=C\CCCCCCC)COC(OCC[N+](C)(C)C)C(=O)O. The van der Waals surface area contributed by atoms with Crippen molar-refractivity contribution in [3.63, 3.8) is 0 Å². The first-order valence-electron chi connectivity index (χ1n) is 39.6. The van der Waals surface area contributed by atoms with Gasteiger partial charge in [0.1, 0.15) is 13.2 Å². The van der Waals surface area contributed by atoms with E-state index in [-0.39, 0.29) is 38.6 Å². The van der Waals surface area contributed by atoms with E-state index in [1.54, 1.807) is 0 Å². The lowest BCUT2D eigenvalue weighted by atomic mass is 10.0. The zero-order valence-electron chi connectivity index (χ0n) is 63.2. The number of hydrogen-bond donors (Lipinski definition) is 1. The molecule has 2 atom stereocenters. The van der Waals surface area contributed by atoms with E-state index >= 15 is 0 Å². The van der Waals surface area contributed by atoms with Crippen LogP contribution in [0.1, 0.15) is 322 Å². The van der Waals surface area contributed by atoms with Crippen LogP contribution in [0.4, 0.5) is 0 Å². The van der Waals surface area contributed by atoms with Crippen molar-refractivity contribution in [1.82, 2.24) is 0 Å². The van der Waals surface area contributed by atoms with Gasteiger partial charge in [-0.3, -0.25) is 9.59 Å². The van der Waals surface area contributed by atoms with Crippen LogP contribution in [0.15, 0.2) is 158 Å². The van der Waals surface area contributed by atoms with Crippen LogP contribution in [-0.4, -0.2) is 87.4 Å². The number of aliphatic carboxylic acids is 1. The molecule has 0 bridgehead atoms. The average molecular weight is 1350 g/mol. The molecule has 0 saturated heterocycles. The van der Waals surface area contributed by atoms with E-state index in [1.807, 2.05) is 21.1 Å². The van der Waals surface area contributed by atoms with Crippen LogP contribution in [0.25, 0.3) is 0 Å². The highest BCUT2D eigenvalue weighted by atomic mass is 16.7. The molecule has 0 aliphatic heterocycles. The fraction of sp³-hybridized carbons (Fsp3) is 0.670. The number of carboxylic acids is 1. The number of allylic oxidation sites excluding steroid dienone is 26. The van der Waals surface area contributed by atoms with E-state index in [9.17, 15) is 19.5 Å². The summed E-state index contributed by atoms with van der Waals surface area (Å²) in [6.45, 7) is 4.71. The molecule has 9 nitrogen and oxygen atoms in total. The van der Waals surface area contributed by atoms with E-state index in [1.165, 1.54) is 180 Å². The van der Waals surface area contributed by atoms with Gasteiger partial charge in [0.05, 0.1) is 34.4 Å². The Morgan fingerprint density at radius 2 is 0.588 bits per heavy atom. The molecular formula is C88H148NO8+. The van der Waals surface area contributed by atoms with Gasteiger partial charge in [0, 0.05) is 12.8 Å². The maximum absolute atomic E-state index is 13.0. The molecular weight excluding hydrogens is 1200 g/mol. The van der Waals surface area contributed by atoms with Gasteiger partial charge in [0.2, 0.25) is 0 Å². The summed E-state index contributed by atoms with van der Waals surface area (Å²) in [6.07, 6.45) is 111. The van der Waals surface area contributed by atoms with Crippen molar-refractivity contribution in [3.05, 3.63) is 158 Å². The van der Waals surface area contributed by atoms with Gasteiger partial charge >= 0.3 is 17.9 Å². The van der Waals surface area contributed by atoms with Crippen LogP contribution >= 0.6 is 0 Å². The lowest BCUT2D eigenvalue weighted by Crippen LogP contribution is -2.40. The summed E-state index contributed by atoms with van der Waals surface area (Å²) < 4.78 is 23.0. The van der Waals surface area contributed by atoms with E-state index in [2.05, 4.69) is 172 Å². The molecule has 0 radical (unpaired) electrons. The third kappa shape index (κ3) is 78.1. The van der Waals surface area contributed by atoms with Gasteiger partial charge in [0.25, 0.3) is 6.29 Å². The highest BCUT2D eigenvalue weighted by Crippen LogP contribution is 2.18. The van der Waals surface area contributed by atoms with Crippen LogP contribution in [0.3, 0.4) is 0 Å². The Labute approximate surface area is 597 Å². The molecule has 0 heterocycles. The normalized spacial score (nSPS) is 13.5. The number of ether oxygens (including phenoxy) is 4. The first kappa shape index (κ1) is 91.9. The van der Waals surface area contributed by atoms with Crippen LogP contribution in [0.5, 0.6) is 0 Å². The maximum Gasteiger partial charge on any atom is 0.361 e. The summed E-state index contributed by atoms with van der Waals surface area (Å²) in [7, 11) is 5.96. The van der Waals surface area contributed by atoms with Gasteiger partial charge in [-0.1, -0.05) is 339 Å². The predicted octanol–water partition coefficient (Wildman–Crippen LogP) is 25.6. The van der Waals surface area contributed by atoms with Crippen LogP contribution in [0, 0.1) is 0 Å². The Morgan fingerprint density at radius 1 is 0.320 bits per heavy atom. The fourth-order valence-electron chi connectivity index (χ4n) is 10.8. The molecule has 0 amide bonds. The highest BCUT2D eigenvalue weighted by Gasteiger charge is 2.25. The summed E-state index contributed by atoms with van der Waals surface area (Å²) in [6, 6.07) is 0. The van der Waals surface area contributed by atoms with Gasteiger partial charge in [0.15, 0.2) is 6.10 Å². The number of carbonyl (C=O) groups is 3. The maximum atomic E-state index is 13.0. The molecule has 552 valence electrons. The Bertz CT molecular complexity index is 2160. The first-order valence-corrected chi connectivity index (χ1v) is 39.6. The summed E-state index contributed by atoms with van der Waals surface area (Å²) in [5.74, 6) is -2.07. The number of carboxylic acid groups (broad SMARTS) is 1. The van der Waals surface area contributed by atoms with E-state index in [4.69, 9.17) is 18.9 Å². The summed E-state index contributed by atoms with van der Waals surface area (Å²) in [5.41, 5.74) is 0. The Balaban J connectivity index is 4.12. The van der Waals surface area contributed by atoms with Crippen molar-refractivity contribution < 1.29 is 42.9 Å². The Morgan fingerprint density at radius 3 is 0.897 bits per heavy atom. The Hall–Kier alpha value is -5.09. The molecule has 0 saturated carbocycles. The van der Waals surface area contributed by atoms with Crippen molar-refractivity contribution in [2.45, 2.75) is 334 Å². The molecule has 2 unspecified atom stereocenters. The number of likely N-dealkylation sites (N-methyl/N-ethyl adjacent to an activating group) is 1. The fourth-order valence-corrected chi connectivity index (χ4v) is 10.8. The van der Waals surface area contributed by atoms with Gasteiger partial charge in [-0.25, -0.2) is 4.79 Å². The van der Waals surface area contributed by atoms with E-state index in [0.29, 0.717) is 17.4 Å². The van der Waals surface area contributed by atoms with Gasteiger partial charge < -0.3 is 28.5 Å². The van der Waals surface area contributed by atoms with Gasteiger partial charge in [-0.15, -0.1) is 0 Å². The zero-order valence-corrected chi connectivity index (χ0v) is 63.2. The number of nitrogens with zero attached hydrogens (tertiary/aromatic N) is 1. The summed E-state index contributed by atoms with van der Waals surface area (Å²) in [5, 5.41) is 9.77. The summed E-state index contributed by atoms with van der Waals surface area (Å²) in [4.78, 5) is 37.7. The molecule has 0 aromatic heterocycles. The molecule has 0 aliphatic rings. The molecule has 0 aromatic carbocycles. The number of esters is 2. The smallest absolute Gasteiger partial charge is 0.361 e. The third-order valence-electron chi connectivity index (χ3n) is 16.8. The van der Waals surface area contributed by atoms with Crippen molar-refractivity contribution in [1.29, 1.82) is 0 Å². The second-order valence-corrected chi connectivity index (χ2v) is 27.3. The number of unbranched alkanes of at least 4 members (excludes halogenated alkanes) is 31. The molecule has 0 aromatic rings. The predicted molar refractivity (Wildman–Crippen MR) is 419 cm³/mol. The van der Waals surface area contributed by atoms with Crippen LogP contribution in [0.2, 0.25) is 0 Å². The second kappa shape index (κ2) is 76.7. The number of quaternary nitrogens is 1. The third-order valence-corrected chi connectivity index (χ3v) is 16.8. The monoisotopic (exact) mass is 1350 g/mol. The van der Waals surface area contributed by atoms with Crippen molar-refractivity contribution in [2.24, 2.45) is 0 Å². The number of rotatable bonds is 72. The topological polar surface area (TPSA) is 108 Å². The van der Waals surface area contributed by atoms with Gasteiger partial charge in [-0.05, 0) is 128 Å². The number of carbonyl (C=O) groups excluding carboxylic acids is 2. The average Bonchev–Trinajstić information content (AvgIpc) is 2.59. The zero-order chi connectivity index (χ0) is 70.4. The molecule has 0 spiro atoms. The number of hydrogen-bond acceptors (Lipinski definition) is 7.